The van der Waals surface area contributed by atoms with Crippen LogP contribution in [0.3, 0.4) is 0 Å². The van der Waals surface area contributed by atoms with Gasteiger partial charge in [-0.25, -0.2) is 0 Å². The van der Waals surface area contributed by atoms with Gasteiger partial charge in [-0.05, 0) is 24.3 Å². The molecule has 0 amide bonds. The average Bonchev–Trinajstić information content (AvgIpc) is 2.44. The number of carbonyl (C=O) groups excluding carboxylic acids is 1. The van der Waals surface area contributed by atoms with Crippen molar-refractivity contribution in [3.8, 4) is 0 Å². The van der Waals surface area contributed by atoms with E-state index in [0.29, 0.717) is 6.42 Å². The second kappa shape index (κ2) is 3.46. The Hall–Kier alpha value is -1.28. The van der Waals surface area contributed by atoms with Gasteiger partial charge in [-0.2, -0.15) is 0 Å². The Kier molecular flexibility index (Phi) is 2.30. The van der Waals surface area contributed by atoms with Gasteiger partial charge < -0.3 is 9.36 Å². The molecule has 0 radical (unpaired) electrons. The van der Waals surface area contributed by atoms with E-state index in [4.69, 9.17) is 11.6 Å². The van der Waals surface area contributed by atoms with E-state index in [-0.39, 0.29) is 0 Å². The Morgan fingerprint density at radius 1 is 1.43 bits per heavy atom. The van der Waals surface area contributed by atoms with Crippen molar-refractivity contribution in [3.05, 3.63) is 35.0 Å². The van der Waals surface area contributed by atoms with Gasteiger partial charge in [0.2, 0.25) is 0 Å². The minimum atomic E-state index is 0.447. The van der Waals surface area contributed by atoms with Crippen LogP contribution in [0.5, 0.6) is 0 Å². The number of fused-ring (bicyclic) bond motifs is 1. The second-order valence-electron chi connectivity index (χ2n) is 3.27. The highest BCUT2D eigenvalue weighted by Gasteiger charge is 2.04. The number of aldehydes is 1. The summed E-state index contributed by atoms with van der Waals surface area (Å²) in [5.74, 6) is 0. The zero-order valence-corrected chi connectivity index (χ0v) is 8.58. The maximum atomic E-state index is 10.4. The van der Waals surface area contributed by atoms with Crippen molar-refractivity contribution in [2.45, 2.75) is 6.42 Å². The molecule has 1 aromatic heterocycles. The molecule has 0 N–H and O–H groups in total. The molecule has 0 fully saturated rings. The van der Waals surface area contributed by atoms with Gasteiger partial charge in [-0.1, -0.05) is 11.6 Å². The van der Waals surface area contributed by atoms with Gasteiger partial charge in [0.25, 0.3) is 0 Å². The molecule has 1 heterocycles. The molecular weight excluding hydrogens is 198 g/mol. The number of rotatable bonds is 2. The third kappa shape index (κ3) is 1.42. The van der Waals surface area contributed by atoms with Gasteiger partial charge in [0, 0.05) is 35.1 Å². The molecule has 2 rings (SSSR count). The van der Waals surface area contributed by atoms with Crippen LogP contribution in [-0.4, -0.2) is 10.9 Å². The lowest BCUT2D eigenvalue weighted by molar-refractivity contribution is -0.107. The van der Waals surface area contributed by atoms with Crippen molar-refractivity contribution < 1.29 is 4.79 Å². The third-order valence-electron chi connectivity index (χ3n) is 2.40. The van der Waals surface area contributed by atoms with Crippen molar-refractivity contribution in [2.24, 2.45) is 7.05 Å². The van der Waals surface area contributed by atoms with Crippen LogP contribution < -0.4 is 0 Å². The Balaban J connectivity index is 2.66. The normalized spacial score (nSPS) is 10.7. The van der Waals surface area contributed by atoms with E-state index in [9.17, 15) is 4.79 Å². The van der Waals surface area contributed by atoms with Crippen molar-refractivity contribution in [2.75, 3.05) is 0 Å². The minimum absolute atomic E-state index is 0.447. The number of benzene rings is 1. The van der Waals surface area contributed by atoms with Gasteiger partial charge in [0.15, 0.2) is 0 Å². The number of carbonyl (C=O) groups is 1. The standard InChI is InChI=1S/C11H10ClNO/c1-13-10(4-5-14)7-8-6-9(12)2-3-11(8)13/h2-3,5-7H,4H2,1H3. The molecule has 0 unspecified atom stereocenters. The average molecular weight is 208 g/mol. The maximum absolute atomic E-state index is 10.4. The number of nitrogens with zero attached hydrogens (tertiary/aromatic N) is 1. The first-order valence-corrected chi connectivity index (χ1v) is 4.77. The van der Waals surface area contributed by atoms with Crippen LogP contribution in [0, 0.1) is 0 Å². The van der Waals surface area contributed by atoms with Crippen LogP contribution >= 0.6 is 11.6 Å². The summed E-state index contributed by atoms with van der Waals surface area (Å²) >= 11 is 5.88. The molecule has 0 aliphatic carbocycles. The number of hydrogen-bond donors (Lipinski definition) is 0. The van der Waals surface area contributed by atoms with Gasteiger partial charge >= 0.3 is 0 Å². The quantitative estimate of drug-likeness (QED) is 0.694. The van der Waals surface area contributed by atoms with Crippen molar-refractivity contribution in [1.29, 1.82) is 0 Å². The fourth-order valence-corrected chi connectivity index (χ4v) is 1.84. The first-order valence-electron chi connectivity index (χ1n) is 4.40. The predicted octanol–water partition coefficient (Wildman–Crippen LogP) is 2.57. The van der Waals surface area contributed by atoms with E-state index in [1.807, 2.05) is 35.9 Å². The summed E-state index contributed by atoms with van der Waals surface area (Å²) in [6.07, 6.45) is 1.36. The third-order valence-corrected chi connectivity index (χ3v) is 2.63. The molecule has 0 saturated carbocycles. The van der Waals surface area contributed by atoms with Gasteiger partial charge in [-0.3, -0.25) is 0 Å². The molecular formula is C11H10ClNO. The van der Waals surface area contributed by atoms with Crippen molar-refractivity contribution in [3.63, 3.8) is 0 Å². The van der Waals surface area contributed by atoms with E-state index in [1.54, 1.807) is 0 Å². The number of aryl methyl sites for hydroxylation is 1. The first-order chi connectivity index (χ1) is 6.72. The lowest BCUT2D eigenvalue weighted by Crippen LogP contribution is -1.95. The van der Waals surface area contributed by atoms with Crippen LogP contribution in [-0.2, 0) is 18.3 Å². The lowest BCUT2D eigenvalue weighted by atomic mass is 10.2. The van der Waals surface area contributed by atoms with E-state index < -0.39 is 0 Å². The monoisotopic (exact) mass is 207 g/mol. The fraction of sp³-hybridized carbons (Fsp3) is 0.182. The highest BCUT2D eigenvalue weighted by molar-refractivity contribution is 6.31. The summed E-state index contributed by atoms with van der Waals surface area (Å²) < 4.78 is 2.01. The van der Waals surface area contributed by atoms with E-state index in [1.165, 1.54) is 0 Å². The largest absolute Gasteiger partial charge is 0.347 e. The van der Waals surface area contributed by atoms with Crippen LogP contribution in [0.1, 0.15) is 5.69 Å². The molecule has 14 heavy (non-hydrogen) atoms. The topological polar surface area (TPSA) is 22.0 Å². The Morgan fingerprint density at radius 2 is 2.21 bits per heavy atom. The summed E-state index contributed by atoms with van der Waals surface area (Å²) in [7, 11) is 1.95. The Morgan fingerprint density at radius 3 is 2.93 bits per heavy atom. The molecule has 2 nitrogen and oxygen atoms in total. The molecule has 2 aromatic rings. The highest BCUT2D eigenvalue weighted by atomic mass is 35.5. The second-order valence-corrected chi connectivity index (χ2v) is 3.71. The Bertz CT molecular complexity index is 487. The van der Waals surface area contributed by atoms with Gasteiger partial charge in [0.1, 0.15) is 6.29 Å². The lowest BCUT2D eigenvalue weighted by Gasteiger charge is -1.99. The van der Waals surface area contributed by atoms with Crippen LogP contribution in [0.2, 0.25) is 5.02 Å². The molecule has 3 heteroatoms. The van der Waals surface area contributed by atoms with Gasteiger partial charge in [-0.15, -0.1) is 0 Å². The molecule has 0 bridgehead atoms. The van der Waals surface area contributed by atoms with Crippen LogP contribution in [0.15, 0.2) is 24.3 Å². The first kappa shape index (κ1) is 9.28. The molecule has 0 saturated heterocycles. The molecule has 72 valence electrons. The van der Waals surface area contributed by atoms with Crippen molar-refractivity contribution in [1.82, 2.24) is 4.57 Å². The Labute approximate surface area is 87.1 Å². The van der Waals surface area contributed by atoms with Crippen molar-refractivity contribution >= 4 is 28.8 Å². The number of hydrogen-bond acceptors (Lipinski definition) is 1. The van der Waals surface area contributed by atoms with Gasteiger partial charge in [0.05, 0.1) is 0 Å². The smallest absolute Gasteiger partial charge is 0.125 e. The predicted molar refractivity (Wildman–Crippen MR) is 57.7 cm³/mol. The fourth-order valence-electron chi connectivity index (χ4n) is 1.66. The SMILES string of the molecule is Cn1c(CC=O)cc2cc(Cl)ccc21. The zero-order valence-electron chi connectivity index (χ0n) is 7.83. The van der Waals surface area contributed by atoms with E-state index in [2.05, 4.69) is 0 Å². The highest BCUT2D eigenvalue weighted by Crippen LogP contribution is 2.22. The van der Waals surface area contributed by atoms with E-state index >= 15 is 0 Å². The molecule has 0 aliphatic rings. The van der Waals surface area contributed by atoms with E-state index in [0.717, 1.165) is 27.9 Å². The maximum Gasteiger partial charge on any atom is 0.125 e. The minimum Gasteiger partial charge on any atom is -0.347 e. The molecule has 0 atom stereocenters. The summed E-state index contributed by atoms with van der Waals surface area (Å²) in [4.78, 5) is 10.4. The molecule has 0 spiro atoms. The molecule has 0 aliphatic heterocycles. The van der Waals surface area contributed by atoms with Crippen LogP contribution in [0.4, 0.5) is 0 Å². The molecule has 1 aromatic carbocycles. The zero-order chi connectivity index (χ0) is 10.1. The summed E-state index contributed by atoms with van der Waals surface area (Å²) in [5.41, 5.74) is 2.11. The summed E-state index contributed by atoms with van der Waals surface area (Å²) in [5, 5.41) is 1.80. The number of halogens is 1. The van der Waals surface area contributed by atoms with Crippen LogP contribution in [0.25, 0.3) is 10.9 Å². The summed E-state index contributed by atoms with van der Waals surface area (Å²) in [6.45, 7) is 0. The summed E-state index contributed by atoms with van der Waals surface area (Å²) in [6, 6.07) is 7.72. The number of aromatic nitrogens is 1.